The summed E-state index contributed by atoms with van der Waals surface area (Å²) in [7, 11) is 0. The minimum Gasteiger partial charge on any atom is -0.421 e. The number of carbonyl (C=O) groups excluding carboxylic acids is 1. The van der Waals surface area contributed by atoms with Gasteiger partial charge in [-0.3, -0.25) is 9.78 Å². The van der Waals surface area contributed by atoms with E-state index in [0.717, 1.165) is 23.2 Å². The number of nitrogens with zero attached hydrogens (tertiary/aromatic N) is 5. The molecule has 1 amide bonds. The lowest BCUT2D eigenvalue weighted by molar-refractivity contribution is 0.0946. The molecular weight excluding hydrogens is 436 g/mol. The molecule has 4 aromatic rings. The molecular formula is C23H22N8O3. The number of pyridine rings is 1. The molecule has 1 aliphatic heterocycles. The Morgan fingerprint density at radius 1 is 1.18 bits per heavy atom. The fourth-order valence-electron chi connectivity index (χ4n) is 3.74. The minimum absolute atomic E-state index is 0.0686. The van der Waals surface area contributed by atoms with E-state index in [1.165, 1.54) is 0 Å². The summed E-state index contributed by atoms with van der Waals surface area (Å²) >= 11 is 0. The van der Waals surface area contributed by atoms with Crippen LogP contribution in [0.4, 0.5) is 17.5 Å². The van der Waals surface area contributed by atoms with Crippen LogP contribution in [0.15, 0.2) is 53.3 Å². The Bertz CT molecular complexity index is 1330. The van der Waals surface area contributed by atoms with E-state index in [0.29, 0.717) is 35.3 Å². The number of aliphatic hydroxyl groups excluding tert-OH is 1. The van der Waals surface area contributed by atoms with Crippen molar-refractivity contribution in [1.82, 2.24) is 30.5 Å². The molecule has 11 heteroatoms. The topological polar surface area (TPSA) is 151 Å². The van der Waals surface area contributed by atoms with Crippen molar-refractivity contribution >= 4 is 23.4 Å². The van der Waals surface area contributed by atoms with Crippen molar-refractivity contribution in [3.63, 3.8) is 0 Å². The average molecular weight is 458 g/mol. The van der Waals surface area contributed by atoms with Gasteiger partial charge in [-0.25, -0.2) is 4.98 Å². The number of rotatable bonds is 7. The van der Waals surface area contributed by atoms with Crippen LogP contribution in [0.5, 0.6) is 0 Å². The molecule has 0 fully saturated rings. The molecule has 1 atom stereocenters. The summed E-state index contributed by atoms with van der Waals surface area (Å²) in [6, 6.07) is 8.69. The van der Waals surface area contributed by atoms with Gasteiger partial charge in [-0.2, -0.15) is 4.98 Å². The zero-order valence-corrected chi connectivity index (χ0v) is 18.3. The van der Waals surface area contributed by atoms with Crippen molar-refractivity contribution in [3.05, 3.63) is 71.5 Å². The zero-order chi connectivity index (χ0) is 23.5. The molecule has 0 bridgehead atoms. The summed E-state index contributed by atoms with van der Waals surface area (Å²) in [4.78, 5) is 25.1. The molecule has 0 spiro atoms. The molecule has 34 heavy (non-hydrogen) atoms. The van der Waals surface area contributed by atoms with E-state index < -0.39 is 6.04 Å². The van der Waals surface area contributed by atoms with Crippen molar-refractivity contribution in [2.45, 2.75) is 19.4 Å². The quantitative estimate of drug-likeness (QED) is 0.325. The maximum atomic E-state index is 12.0. The molecule has 1 aromatic carbocycles. The summed E-state index contributed by atoms with van der Waals surface area (Å²) in [6.45, 7) is 2.13. The molecule has 0 radical (unpaired) electrons. The van der Waals surface area contributed by atoms with E-state index in [2.05, 4.69) is 41.1 Å². The Hall–Kier alpha value is -4.38. The van der Waals surface area contributed by atoms with Gasteiger partial charge in [-0.1, -0.05) is 0 Å². The Labute approximate surface area is 194 Å². The van der Waals surface area contributed by atoms with Crippen LogP contribution in [0.25, 0.3) is 11.5 Å². The highest BCUT2D eigenvalue weighted by atomic mass is 16.4. The summed E-state index contributed by atoms with van der Waals surface area (Å²) in [5.41, 5.74) is 3.73. The molecule has 0 saturated carbocycles. The van der Waals surface area contributed by atoms with Crippen molar-refractivity contribution in [3.8, 4) is 11.5 Å². The van der Waals surface area contributed by atoms with E-state index in [1.54, 1.807) is 31.6 Å². The molecule has 11 nitrogen and oxygen atoms in total. The van der Waals surface area contributed by atoms with Crippen LogP contribution in [0.1, 0.15) is 33.4 Å². The number of anilines is 3. The standard InChI is InChI=1S/C23H22N8O3/c1-13-30-31-22(34-13)18-11-26-23(27-16-2-3-17-15(10-16)6-9-25-21(17)33)29-20(18)28-19(12-32)14-4-7-24-8-5-14/h2-5,7-8,10-11,19,32H,6,9,12H2,1H3,(H,25,33)(H2,26,27,28,29). The second-order valence-electron chi connectivity index (χ2n) is 7.74. The van der Waals surface area contributed by atoms with Gasteiger partial charge >= 0.3 is 0 Å². The summed E-state index contributed by atoms with van der Waals surface area (Å²) in [5.74, 6) is 1.34. The number of carbonyl (C=O) groups is 1. The fourth-order valence-corrected chi connectivity index (χ4v) is 3.74. The number of fused-ring (bicyclic) bond motifs is 1. The highest BCUT2D eigenvalue weighted by Crippen LogP contribution is 2.30. The van der Waals surface area contributed by atoms with Gasteiger partial charge in [0, 0.05) is 43.3 Å². The molecule has 3 aromatic heterocycles. The molecule has 4 N–H and O–H groups in total. The van der Waals surface area contributed by atoms with Gasteiger partial charge in [-0.15, -0.1) is 10.2 Å². The van der Waals surface area contributed by atoms with Crippen LogP contribution in [-0.2, 0) is 6.42 Å². The Balaban J connectivity index is 1.48. The normalized spacial score (nSPS) is 13.6. The first-order chi connectivity index (χ1) is 16.6. The molecule has 5 rings (SSSR count). The molecule has 0 aliphatic carbocycles. The van der Waals surface area contributed by atoms with Crippen LogP contribution in [0, 0.1) is 6.92 Å². The predicted octanol–water partition coefficient (Wildman–Crippen LogP) is 2.41. The first-order valence-corrected chi connectivity index (χ1v) is 10.7. The van der Waals surface area contributed by atoms with Gasteiger partial charge in [0.15, 0.2) is 0 Å². The van der Waals surface area contributed by atoms with Gasteiger partial charge < -0.3 is 25.5 Å². The molecule has 1 unspecified atom stereocenters. The highest BCUT2D eigenvalue weighted by Gasteiger charge is 2.20. The lowest BCUT2D eigenvalue weighted by atomic mass is 10.00. The molecule has 4 heterocycles. The van der Waals surface area contributed by atoms with Gasteiger partial charge in [0.1, 0.15) is 5.82 Å². The summed E-state index contributed by atoms with van der Waals surface area (Å²) < 4.78 is 5.59. The second kappa shape index (κ2) is 9.24. The first kappa shape index (κ1) is 21.5. The molecule has 1 aliphatic rings. The van der Waals surface area contributed by atoms with Crippen LogP contribution in [-0.4, -0.2) is 49.3 Å². The predicted molar refractivity (Wildman–Crippen MR) is 124 cm³/mol. The maximum absolute atomic E-state index is 12.0. The van der Waals surface area contributed by atoms with Crippen molar-refractivity contribution in [2.24, 2.45) is 0 Å². The van der Waals surface area contributed by atoms with E-state index in [9.17, 15) is 9.90 Å². The summed E-state index contributed by atoms with van der Waals surface area (Å²) in [5, 5.41) is 27.3. The third kappa shape index (κ3) is 4.41. The number of amides is 1. The fraction of sp³-hybridized carbons (Fsp3) is 0.217. The largest absolute Gasteiger partial charge is 0.421 e. The lowest BCUT2D eigenvalue weighted by Gasteiger charge is -2.19. The third-order valence-electron chi connectivity index (χ3n) is 5.43. The van der Waals surface area contributed by atoms with E-state index >= 15 is 0 Å². The van der Waals surface area contributed by atoms with E-state index in [4.69, 9.17) is 4.42 Å². The van der Waals surface area contributed by atoms with E-state index in [1.807, 2.05) is 24.3 Å². The van der Waals surface area contributed by atoms with Gasteiger partial charge in [0.05, 0.1) is 18.2 Å². The number of benzene rings is 1. The molecule has 0 saturated heterocycles. The third-order valence-corrected chi connectivity index (χ3v) is 5.43. The van der Waals surface area contributed by atoms with Gasteiger partial charge in [0.25, 0.3) is 11.8 Å². The Kier molecular flexibility index (Phi) is 5.83. The van der Waals surface area contributed by atoms with Crippen molar-refractivity contribution < 1.29 is 14.3 Å². The van der Waals surface area contributed by atoms with Crippen molar-refractivity contribution in [2.75, 3.05) is 23.8 Å². The Morgan fingerprint density at radius 2 is 2.03 bits per heavy atom. The number of hydrogen-bond acceptors (Lipinski definition) is 10. The monoisotopic (exact) mass is 458 g/mol. The van der Waals surface area contributed by atoms with Crippen LogP contribution in [0.3, 0.4) is 0 Å². The minimum atomic E-state index is -0.448. The van der Waals surface area contributed by atoms with Gasteiger partial charge in [0.2, 0.25) is 11.8 Å². The van der Waals surface area contributed by atoms with Crippen LogP contribution in [0.2, 0.25) is 0 Å². The number of aromatic nitrogens is 5. The smallest absolute Gasteiger partial charge is 0.253 e. The summed E-state index contributed by atoms with van der Waals surface area (Å²) in [6.07, 6.45) is 5.65. The number of hydrogen-bond donors (Lipinski definition) is 4. The number of nitrogens with one attached hydrogen (secondary N) is 3. The number of aliphatic hydroxyl groups is 1. The van der Waals surface area contributed by atoms with E-state index in [-0.39, 0.29) is 18.4 Å². The number of aryl methyl sites for hydroxylation is 1. The maximum Gasteiger partial charge on any atom is 0.253 e. The van der Waals surface area contributed by atoms with Crippen LogP contribution >= 0.6 is 0 Å². The SMILES string of the molecule is Cc1nnc(-c2cnc(Nc3ccc4c(c3)CCNC4=O)nc2NC(CO)c2ccncc2)o1. The second-order valence-corrected chi connectivity index (χ2v) is 7.74. The lowest BCUT2D eigenvalue weighted by Crippen LogP contribution is -2.31. The van der Waals surface area contributed by atoms with Gasteiger partial charge in [-0.05, 0) is 47.9 Å². The zero-order valence-electron chi connectivity index (χ0n) is 18.3. The highest BCUT2D eigenvalue weighted by molar-refractivity contribution is 5.97. The van der Waals surface area contributed by atoms with Crippen LogP contribution < -0.4 is 16.0 Å². The van der Waals surface area contributed by atoms with Crippen molar-refractivity contribution in [1.29, 1.82) is 0 Å². The first-order valence-electron chi connectivity index (χ1n) is 10.7. The average Bonchev–Trinajstić information content (AvgIpc) is 3.29. The molecule has 172 valence electrons. The Morgan fingerprint density at radius 3 is 2.79 bits per heavy atom.